The number of methoxy groups -OCH3 is 1. The fraction of sp³-hybridized carbons (Fsp3) is 0.154. The van der Waals surface area contributed by atoms with Crippen molar-refractivity contribution in [3.63, 3.8) is 0 Å². The average Bonchev–Trinajstić information content (AvgIpc) is 2.37. The van der Waals surface area contributed by atoms with Crippen molar-refractivity contribution in [3.8, 4) is 0 Å². The Kier molecular flexibility index (Phi) is 4.82. The summed E-state index contributed by atoms with van der Waals surface area (Å²) < 4.78 is 4.55. The third-order valence-electron chi connectivity index (χ3n) is 2.24. The molecule has 1 aromatic carbocycles. The zero-order valence-electron chi connectivity index (χ0n) is 10.5. The number of carbonyl (C=O) groups excluding carboxylic acids is 2. The summed E-state index contributed by atoms with van der Waals surface area (Å²) >= 11 is 0. The van der Waals surface area contributed by atoms with Crippen LogP contribution >= 0.6 is 0 Å². The Hall–Kier alpha value is -2.63. The van der Waals surface area contributed by atoms with Gasteiger partial charge in [-0.25, -0.2) is 9.59 Å². The normalized spacial score (nSPS) is 10.7. The van der Waals surface area contributed by atoms with Gasteiger partial charge < -0.3 is 15.2 Å². The number of nitrogens with one attached hydrogen (secondary N) is 1. The van der Waals surface area contributed by atoms with E-state index >= 15 is 0 Å². The lowest BCUT2D eigenvalue weighted by molar-refractivity contribution is -0.132. The molecule has 1 rings (SSSR count). The van der Waals surface area contributed by atoms with Crippen LogP contribution in [-0.4, -0.2) is 30.1 Å². The number of anilines is 1. The van der Waals surface area contributed by atoms with Gasteiger partial charge in [-0.1, -0.05) is 6.07 Å². The molecule has 0 saturated heterocycles. The van der Waals surface area contributed by atoms with E-state index in [9.17, 15) is 14.4 Å². The van der Waals surface area contributed by atoms with Crippen molar-refractivity contribution in [2.45, 2.75) is 6.92 Å². The lowest BCUT2D eigenvalue weighted by Gasteiger charge is -2.04. The van der Waals surface area contributed by atoms with Crippen LogP contribution in [0.5, 0.6) is 0 Å². The number of amides is 1. The first kappa shape index (κ1) is 14.4. The second-order valence-corrected chi connectivity index (χ2v) is 3.69. The molecule has 0 heterocycles. The lowest BCUT2D eigenvalue weighted by Crippen LogP contribution is -2.11. The predicted molar refractivity (Wildman–Crippen MR) is 67.8 cm³/mol. The highest BCUT2D eigenvalue weighted by atomic mass is 16.5. The highest BCUT2D eigenvalue weighted by Gasteiger charge is 2.08. The molecule has 0 atom stereocenters. The van der Waals surface area contributed by atoms with Crippen molar-refractivity contribution in [1.29, 1.82) is 0 Å². The van der Waals surface area contributed by atoms with Gasteiger partial charge in [-0.15, -0.1) is 0 Å². The van der Waals surface area contributed by atoms with Crippen LogP contribution < -0.4 is 5.32 Å². The number of ether oxygens (including phenoxy) is 1. The Labute approximate surface area is 109 Å². The third kappa shape index (κ3) is 4.27. The van der Waals surface area contributed by atoms with E-state index in [1.165, 1.54) is 20.1 Å². The molecule has 0 fully saturated rings. The molecular weight excluding hydrogens is 250 g/mol. The number of esters is 1. The van der Waals surface area contributed by atoms with Crippen LogP contribution in [0.15, 0.2) is 35.9 Å². The van der Waals surface area contributed by atoms with Crippen LogP contribution in [0.4, 0.5) is 5.69 Å². The van der Waals surface area contributed by atoms with Gasteiger partial charge in [-0.2, -0.15) is 0 Å². The summed E-state index contributed by atoms with van der Waals surface area (Å²) in [5.74, 6) is -2.27. The molecule has 0 aliphatic heterocycles. The fourth-order valence-electron chi connectivity index (χ4n) is 1.28. The molecule has 2 N–H and O–H groups in total. The SMILES string of the molecule is COC(=O)c1cccc(NC(=O)/C=C(\C)C(=O)O)c1. The Morgan fingerprint density at radius 2 is 2.00 bits per heavy atom. The molecule has 6 nitrogen and oxygen atoms in total. The number of carboxylic acids is 1. The highest BCUT2D eigenvalue weighted by molar-refractivity contribution is 6.04. The van der Waals surface area contributed by atoms with E-state index in [4.69, 9.17) is 5.11 Å². The molecule has 0 aromatic heterocycles. The van der Waals surface area contributed by atoms with Crippen LogP contribution in [-0.2, 0) is 14.3 Å². The monoisotopic (exact) mass is 263 g/mol. The summed E-state index contributed by atoms with van der Waals surface area (Å²) in [7, 11) is 1.26. The van der Waals surface area contributed by atoms with Gasteiger partial charge in [-0.05, 0) is 25.1 Å². The van der Waals surface area contributed by atoms with E-state index in [1.54, 1.807) is 18.2 Å². The minimum Gasteiger partial charge on any atom is -0.478 e. The molecular formula is C13H13NO5. The number of aliphatic carboxylic acids is 1. The Morgan fingerprint density at radius 3 is 2.58 bits per heavy atom. The van der Waals surface area contributed by atoms with Crippen molar-refractivity contribution in [2.75, 3.05) is 12.4 Å². The molecule has 0 aliphatic rings. The Morgan fingerprint density at radius 1 is 1.32 bits per heavy atom. The van der Waals surface area contributed by atoms with E-state index in [2.05, 4.69) is 10.1 Å². The molecule has 1 aromatic rings. The molecule has 0 radical (unpaired) electrons. The van der Waals surface area contributed by atoms with Crippen LogP contribution in [0.1, 0.15) is 17.3 Å². The van der Waals surface area contributed by atoms with Gasteiger partial charge in [0, 0.05) is 17.3 Å². The second-order valence-electron chi connectivity index (χ2n) is 3.69. The lowest BCUT2D eigenvalue weighted by atomic mass is 10.2. The average molecular weight is 263 g/mol. The van der Waals surface area contributed by atoms with E-state index in [1.807, 2.05) is 0 Å². The summed E-state index contributed by atoms with van der Waals surface area (Å²) in [6.07, 6.45) is 0.965. The molecule has 0 aliphatic carbocycles. The summed E-state index contributed by atoms with van der Waals surface area (Å²) in [6, 6.07) is 6.14. The number of benzene rings is 1. The van der Waals surface area contributed by atoms with Gasteiger partial charge in [-0.3, -0.25) is 4.79 Å². The van der Waals surface area contributed by atoms with Gasteiger partial charge in [0.2, 0.25) is 5.91 Å². The number of hydrogen-bond acceptors (Lipinski definition) is 4. The number of hydrogen-bond donors (Lipinski definition) is 2. The molecule has 0 saturated carbocycles. The maximum Gasteiger partial charge on any atom is 0.337 e. The highest BCUT2D eigenvalue weighted by Crippen LogP contribution is 2.11. The van der Waals surface area contributed by atoms with Crippen LogP contribution in [0.2, 0.25) is 0 Å². The maximum atomic E-state index is 11.5. The predicted octanol–water partition coefficient (Wildman–Crippen LogP) is 1.44. The number of carbonyl (C=O) groups is 3. The maximum absolute atomic E-state index is 11.5. The van der Waals surface area contributed by atoms with Gasteiger partial charge >= 0.3 is 11.9 Å². The fourth-order valence-corrected chi connectivity index (χ4v) is 1.28. The molecule has 0 spiro atoms. The molecule has 0 unspecified atom stereocenters. The zero-order chi connectivity index (χ0) is 14.4. The molecule has 0 bridgehead atoms. The zero-order valence-corrected chi connectivity index (χ0v) is 10.5. The van der Waals surface area contributed by atoms with E-state index in [0.29, 0.717) is 11.3 Å². The van der Waals surface area contributed by atoms with Gasteiger partial charge in [0.15, 0.2) is 0 Å². The first-order chi connectivity index (χ1) is 8.93. The van der Waals surface area contributed by atoms with Crippen LogP contribution in [0.3, 0.4) is 0 Å². The van der Waals surface area contributed by atoms with Crippen molar-refractivity contribution in [2.24, 2.45) is 0 Å². The summed E-state index contributed by atoms with van der Waals surface area (Å²) in [5.41, 5.74) is 0.586. The van der Waals surface area contributed by atoms with Crippen molar-refractivity contribution < 1.29 is 24.2 Å². The van der Waals surface area contributed by atoms with Gasteiger partial charge in [0.05, 0.1) is 12.7 Å². The van der Waals surface area contributed by atoms with Crippen molar-refractivity contribution in [3.05, 3.63) is 41.5 Å². The molecule has 6 heteroatoms. The van der Waals surface area contributed by atoms with E-state index < -0.39 is 17.8 Å². The van der Waals surface area contributed by atoms with Crippen molar-refractivity contribution >= 4 is 23.5 Å². The largest absolute Gasteiger partial charge is 0.478 e. The van der Waals surface area contributed by atoms with Crippen molar-refractivity contribution in [1.82, 2.24) is 0 Å². The summed E-state index contributed by atoms with van der Waals surface area (Å²) in [5, 5.41) is 11.1. The van der Waals surface area contributed by atoms with E-state index in [0.717, 1.165) is 6.08 Å². The molecule has 1 amide bonds. The summed E-state index contributed by atoms with van der Waals surface area (Å²) in [4.78, 5) is 33.4. The number of rotatable bonds is 4. The molecule has 19 heavy (non-hydrogen) atoms. The van der Waals surface area contributed by atoms with Crippen LogP contribution in [0, 0.1) is 0 Å². The minimum absolute atomic E-state index is 0.0818. The molecule has 100 valence electrons. The minimum atomic E-state index is -1.17. The first-order valence-corrected chi connectivity index (χ1v) is 5.35. The summed E-state index contributed by atoms with van der Waals surface area (Å²) in [6.45, 7) is 1.31. The van der Waals surface area contributed by atoms with Gasteiger partial charge in [0.25, 0.3) is 0 Å². The Balaban J connectivity index is 2.83. The van der Waals surface area contributed by atoms with E-state index in [-0.39, 0.29) is 5.57 Å². The Bertz CT molecular complexity index is 548. The third-order valence-corrected chi connectivity index (χ3v) is 2.24. The van der Waals surface area contributed by atoms with Crippen LogP contribution in [0.25, 0.3) is 0 Å². The topological polar surface area (TPSA) is 92.7 Å². The second kappa shape index (κ2) is 6.34. The quantitative estimate of drug-likeness (QED) is 0.633. The van der Waals surface area contributed by atoms with Gasteiger partial charge in [0.1, 0.15) is 0 Å². The number of carboxylic acid groups (broad SMARTS) is 1. The standard InChI is InChI=1S/C13H13NO5/c1-8(12(16)17)6-11(15)14-10-5-3-4-9(7-10)13(18)19-2/h3-7H,1-2H3,(H,14,15)(H,16,17)/b8-6+. The first-order valence-electron chi connectivity index (χ1n) is 5.35. The smallest absolute Gasteiger partial charge is 0.337 e.